The molecular formula is C20H15ClN6O2S2. The largest absolute Gasteiger partial charge is 0.332 e. The zero-order valence-corrected chi connectivity index (χ0v) is 18.2. The summed E-state index contributed by atoms with van der Waals surface area (Å²) in [6, 6.07) is 14.9. The summed E-state index contributed by atoms with van der Waals surface area (Å²) < 4.78 is 27.2. The highest BCUT2D eigenvalue weighted by Gasteiger charge is 2.15. The van der Waals surface area contributed by atoms with Crippen molar-refractivity contribution in [2.24, 2.45) is 0 Å². The van der Waals surface area contributed by atoms with Crippen LogP contribution in [-0.4, -0.2) is 28.5 Å². The van der Waals surface area contributed by atoms with Crippen molar-refractivity contribution in [3.8, 4) is 0 Å². The lowest BCUT2D eigenvalue weighted by molar-refractivity contribution is 0.601. The Balaban J connectivity index is 1.45. The van der Waals surface area contributed by atoms with Crippen LogP contribution in [0.3, 0.4) is 0 Å². The predicted molar refractivity (Wildman–Crippen MR) is 126 cm³/mol. The average molecular weight is 471 g/mol. The van der Waals surface area contributed by atoms with Gasteiger partial charge in [0.25, 0.3) is 10.0 Å². The summed E-state index contributed by atoms with van der Waals surface area (Å²) >= 11 is 11.4. The minimum absolute atomic E-state index is 0.000874. The van der Waals surface area contributed by atoms with Crippen LogP contribution < -0.4 is 15.4 Å². The van der Waals surface area contributed by atoms with Gasteiger partial charge in [-0.25, -0.2) is 23.1 Å². The van der Waals surface area contributed by atoms with Crippen molar-refractivity contribution in [2.75, 3.05) is 15.4 Å². The Morgan fingerprint density at radius 2 is 1.65 bits per heavy atom. The second-order valence-electron chi connectivity index (χ2n) is 6.30. The smallest absolute Gasteiger partial charge is 0.264 e. The molecule has 0 radical (unpaired) electrons. The van der Waals surface area contributed by atoms with Crippen LogP contribution in [0.5, 0.6) is 0 Å². The van der Waals surface area contributed by atoms with Crippen molar-refractivity contribution < 1.29 is 8.42 Å². The van der Waals surface area contributed by atoms with E-state index in [0.717, 1.165) is 16.6 Å². The molecule has 0 aliphatic carbocycles. The SMILES string of the molecule is O=S(=O)(Nc1ncccn1)c1ccc(NC(=S)Nc2ccnc3cc(Cl)ccc23)cc1. The van der Waals surface area contributed by atoms with Crippen LogP contribution in [0.1, 0.15) is 0 Å². The summed E-state index contributed by atoms with van der Waals surface area (Å²) in [4.78, 5) is 12.1. The van der Waals surface area contributed by atoms with E-state index in [1.807, 2.05) is 6.07 Å². The van der Waals surface area contributed by atoms with Crippen molar-refractivity contribution in [3.63, 3.8) is 0 Å². The average Bonchev–Trinajstić information content (AvgIpc) is 2.74. The highest BCUT2D eigenvalue weighted by atomic mass is 35.5. The first-order valence-electron chi connectivity index (χ1n) is 8.93. The van der Waals surface area contributed by atoms with E-state index >= 15 is 0 Å². The maximum absolute atomic E-state index is 12.5. The van der Waals surface area contributed by atoms with Gasteiger partial charge in [0.15, 0.2) is 5.11 Å². The van der Waals surface area contributed by atoms with E-state index in [9.17, 15) is 8.42 Å². The number of halogens is 1. The summed E-state index contributed by atoms with van der Waals surface area (Å²) in [5, 5.41) is 7.96. The highest BCUT2D eigenvalue weighted by Crippen LogP contribution is 2.24. The van der Waals surface area contributed by atoms with Crippen molar-refractivity contribution in [1.82, 2.24) is 15.0 Å². The number of fused-ring (bicyclic) bond motifs is 1. The minimum Gasteiger partial charge on any atom is -0.332 e. The lowest BCUT2D eigenvalue weighted by Gasteiger charge is -2.13. The zero-order chi connectivity index (χ0) is 21.8. The van der Waals surface area contributed by atoms with E-state index in [4.69, 9.17) is 23.8 Å². The normalized spacial score (nSPS) is 11.1. The molecule has 0 spiro atoms. The molecule has 0 fully saturated rings. The fourth-order valence-electron chi connectivity index (χ4n) is 2.76. The molecule has 0 aliphatic heterocycles. The number of benzene rings is 2. The van der Waals surface area contributed by atoms with E-state index in [2.05, 4.69) is 30.3 Å². The molecule has 11 heteroatoms. The molecule has 2 aromatic heterocycles. The van der Waals surface area contributed by atoms with Crippen molar-refractivity contribution in [2.45, 2.75) is 4.90 Å². The summed E-state index contributed by atoms with van der Waals surface area (Å²) in [6.07, 6.45) is 4.56. The lowest BCUT2D eigenvalue weighted by Crippen LogP contribution is -2.19. The molecule has 8 nitrogen and oxygen atoms in total. The van der Waals surface area contributed by atoms with Gasteiger partial charge in [0, 0.05) is 34.7 Å². The van der Waals surface area contributed by atoms with E-state index in [1.165, 1.54) is 24.5 Å². The maximum atomic E-state index is 12.5. The molecule has 0 aliphatic rings. The van der Waals surface area contributed by atoms with Gasteiger partial charge < -0.3 is 10.6 Å². The molecule has 3 N–H and O–H groups in total. The third-order valence-corrected chi connectivity index (χ3v) is 5.95. The molecule has 0 saturated carbocycles. The van der Waals surface area contributed by atoms with Gasteiger partial charge in [0.05, 0.1) is 16.1 Å². The Bertz CT molecular complexity index is 1350. The van der Waals surface area contributed by atoms with Gasteiger partial charge in [-0.05, 0) is 66.8 Å². The van der Waals surface area contributed by atoms with E-state index in [1.54, 1.807) is 42.6 Å². The Morgan fingerprint density at radius 1 is 0.903 bits per heavy atom. The molecule has 0 bridgehead atoms. The molecule has 0 amide bonds. The summed E-state index contributed by atoms with van der Waals surface area (Å²) in [5.41, 5.74) is 2.13. The number of thiocarbonyl (C=S) groups is 1. The van der Waals surface area contributed by atoms with Gasteiger partial charge in [-0.1, -0.05) is 11.6 Å². The molecule has 0 saturated heterocycles. The van der Waals surface area contributed by atoms with Crippen molar-refractivity contribution in [3.05, 3.63) is 78.2 Å². The van der Waals surface area contributed by atoms with Gasteiger partial charge in [0.1, 0.15) is 0 Å². The van der Waals surface area contributed by atoms with Crippen LogP contribution in [0.2, 0.25) is 5.02 Å². The maximum Gasteiger partial charge on any atom is 0.264 e. The van der Waals surface area contributed by atoms with Crippen molar-refractivity contribution >= 4 is 67.2 Å². The molecule has 156 valence electrons. The number of sulfonamides is 1. The van der Waals surface area contributed by atoms with Crippen LogP contribution in [-0.2, 0) is 10.0 Å². The van der Waals surface area contributed by atoms with E-state index in [0.29, 0.717) is 15.8 Å². The molecular weight excluding hydrogens is 456 g/mol. The third kappa shape index (κ3) is 5.05. The van der Waals surface area contributed by atoms with Crippen LogP contribution >= 0.6 is 23.8 Å². The molecule has 0 unspecified atom stereocenters. The Kier molecular flexibility index (Phi) is 5.94. The van der Waals surface area contributed by atoms with Gasteiger partial charge >= 0.3 is 0 Å². The number of rotatable bonds is 5. The fourth-order valence-corrected chi connectivity index (χ4v) is 4.12. The van der Waals surface area contributed by atoms with Crippen LogP contribution in [0.4, 0.5) is 17.3 Å². The number of nitrogens with one attached hydrogen (secondary N) is 3. The monoisotopic (exact) mass is 470 g/mol. The second-order valence-corrected chi connectivity index (χ2v) is 8.83. The standard InChI is InChI=1S/C20H15ClN6O2S2/c21-13-2-7-16-17(8-11-22-18(16)12-13)26-20(30)25-14-3-5-15(6-4-14)31(28,29)27-19-23-9-1-10-24-19/h1-12H,(H,23,24,27)(H2,22,25,26,30). The molecule has 31 heavy (non-hydrogen) atoms. The van der Waals surface area contributed by atoms with Crippen LogP contribution in [0.25, 0.3) is 10.9 Å². The topological polar surface area (TPSA) is 109 Å². The second kappa shape index (κ2) is 8.80. The summed E-state index contributed by atoms with van der Waals surface area (Å²) in [6.45, 7) is 0. The lowest BCUT2D eigenvalue weighted by atomic mass is 10.2. The first-order chi connectivity index (χ1) is 14.9. The Labute approximate surface area is 188 Å². The van der Waals surface area contributed by atoms with Crippen LogP contribution in [0, 0.1) is 0 Å². The number of hydrogen-bond acceptors (Lipinski definition) is 6. The van der Waals surface area contributed by atoms with E-state index < -0.39 is 10.0 Å². The molecule has 4 rings (SSSR count). The van der Waals surface area contributed by atoms with Crippen molar-refractivity contribution in [1.29, 1.82) is 0 Å². The predicted octanol–water partition coefficient (Wildman–Crippen LogP) is 4.29. The Morgan fingerprint density at radius 3 is 2.39 bits per heavy atom. The van der Waals surface area contributed by atoms with Gasteiger partial charge in [-0.15, -0.1) is 0 Å². The first kappa shape index (κ1) is 20.9. The van der Waals surface area contributed by atoms with Gasteiger partial charge in [-0.2, -0.15) is 0 Å². The molecule has 0 atom stereocenters. The number of hydrogen-bond donors (Lipinski definition) is 3. The minimum atomic E-state index is -3.80. The highest BCUT2D eigenvalue weighted by molar-refractivity contribution is 7.92. The fraction of sp³-hybridized carbons (Fsp3) is 0. The summed E-state index contributed by atoms with van der Waals surface area (Å²) in [7, 11) is -3.80. The quantitative estimate of drug-likeness (QED) is 0.371. The molecule has 4 aromatic rings. The zero-order valence-electron chi connectivity index (χ0n) is 15.8. The first-order valence-corrected chi connectivity index (χ1v) is 11.2. The number of anilines is 3. The molecule has 2 aromatic carbocycles. The van der Waals surface area contributed by atoms with Crippen LogP contribution in [0.15, 0.2) is 78.1 Å². The number of aromatic nitrogens is 3. The third-order valence-electron chi connectivity index (χ3n) is 4.17. The van der Waals surface area contributed by atoms with Gasteiger partial charge in [-0.3, -0.25) is 4.98 Å². The van der Waals surface area contributed by atoms with Gasteiger partial charge in [0.2, 0.25) is 5.95 Å². The molecule has 2 heterocycles. The number of pyridine rings is 1. The summed E-state index contributed by atoms with van der Waals surface area (Å²) in [5.74, 6) is 0.000874. The Hall–Kier alpha value is -3.34. The number of nitrogens with zero attached hydrogens (tertiary/aromatic N) is 3. The van der Waals surface area contributed by atoms with E-state index in [-0.39, 0.29) is 10.8 Å².